The molecule has 0 saturated carbocycles. The Labute approximate surface area is 406 Å². The SMILES string of the molecule is CCCCCCCCCCCCCCCCCCCCCC(=O)OCC(COP(=O)(O)C(C[N+](C)(C)C)OS(=O)(=O)O)OC(=O)CCCCCCCCCCCCCCCCCCCCC. The van der Waals surface area contributed by atoms with Gasteiger partial charge in [0, 0.05) is 12.8 Å². The number of unbranched alkanes of at least 4 members (excludes halogenated alkanes) is 36. The predicted molar refractivity (Wildman–Crippen MR) is 272 cm³/mol. The Morgan fingerprint density at radius 2 is 0.773 bits per heavy atom. The van der Waals surface area contributed by atoms with Crippen LogP contribution in [0.2, 0.25) is 0 Å². The van der Waals surface area contributed by atoms with Gasteiger partial charge in [-0.1, -0.05) is 245 Å². The zero-order chi connectivity index (χ0) is 49.0. The minimum atomic E-state index is -5.10. The van der Waals surface area contributed by atoms with Crippen LogP contribution in [0.3, 0.4) is 0 Å². The number of hydrogen-bond donors (Lipinski definition) is 2. The minimum absolute atomic E-state index is 0.0169. The van der Waals surface area contributed by atoms with E-state index in [2.05, 4.69) is 18.0 Å². The van der Waals surface area contributed by atoms with Crippen molar-refractivity contribution in [3.8, 4) is 0 Å². The van der Waals surface area contributed by atoms with Crippen LogP contribution in [0.15, 0.2) is 0 Å². The van der Waals surface area contributed by atoms with Crippen LogP contribution in [-0.2, 0) is 42.7 Å². The normalized spacial score (nSPS) is 14.0. The monoisotopic (exact) mass is 983 g/mol. The molecule has 3 atom stereocenters. The average Bonchev–Trinajstić information content (AvgIpc) is 3.25. The summed E-state index contributed by atoms with van der Waals surface area (Å²) in [4.78, 5) is 36.3. The molecule has 0 heterocycles. The summed E-state index contributed by atoms with van der Waals surface area (Å²) >= 11 is 0. The Bertz CT molecular complexity index is 1280. The van der Waals surface area contributed by atoms with Crippen LogP contribution in [-0.4, -0.2) is 87.1 Å². The third-order valence-electron chi connectivity index (χ3n) is 12.4. The first-order valence-electron chi connectivity index (χ1n) is 27.4. The highest BCUT2D eigenvalue weighted by Gasteiger charge is 2.42. The van der Waals surface area contributed by atoms with Crippen LogP contribution in [0.25, 0.3) is 0 Å². The highest BCUT2D eigenvalue weighted by molar-refractivity contribution is 7.81. The van der Waals surface area contributed by atoms with Gasteiger partial charge in [0.05, 0.1) is 27.7 Å². The summed E-state index contributed by atoms with van der Waals surface area (Å²) in [6, 6.07) is 0. The zero-order valence-corrected chi connectivity index (χ0v) is 45.1. The predicted octanol–water partition coefficient (Wildman–Crippen LogP) is 15.1. The molecule has 14 heteroatoms. The minimum Gasteiger partial charge on any atom is -0.462 e. The standard InChI is InChI=1S/C52H104NO11PS/c1-6-8-10-12-14-16-18-20-22-24-26-28-30-32-34-36-38-40-42-44-50(54)61-47-49(48-62-65(56,57)52(46-53(3,4)5)64-66(58,59)60)63-51(55)45-43-41-39-37-35-33-31-29-27-25-23-21-19-17-15-13-11-9-7-2/h49,52H,6-48H2,1-5H3,(H-,56,57,58,59,60)/p+1. The fourth-order valence-electron chi connectivity index (χ4n) is 8.38. The van der Waals surface area contributed by atoms with Gasteiger partial charge in [0.15, 0.2) is 6.10 Å². The van der Waals surface area contributed by atoms with E-state index >= 15 is 0 Å². The van der Waals surface area contributed by atoms with Gasteiger partial charge >= 0.3 is 29.9 Å². The number of ether oxygens (including phenoxy) is 2. The lowest BCUT2D eigenvalue weighted by Gasteiger charge is -2.30. The lowest BCUT2D eigenvalue weighted by Crippen LogP contribution is -2.43. The number of hydrogen-bond acceptors (Lipinski definition) is 9. The summed E-state index contributed by atoms with van der Waals surface area (Å²) < 4.78 is 66.4. The second kappa shape index (κ2) is 43.9. The smallest absolute Gasteiger partial charge is 0.398 e. The summed E-state index contributed by atoms with van der Waals surface area (Å²) in [5.74, 6) is -2.94. The van der Waals surface area contributed by atoms with Crippen LogP contribution in [0.4, 0.5) is 0 Å². The number of carbonyl (C=O) groups is 2. The van der Waals surface area contributed by atoms with Crippen molar-refractivity contribution in [3.63, 3.8) is 0 Å². The maximum absolute atomic E-state index is 13.2. The van der Waals surface area contributed by atoms with Crippen molar-refractivity contribution in [2.24, 2.45) is 0 Å². The highest BCUT2D eigenvalue weighted by atomic mass is 32.3. The molecule has 0 bridgehead atoms. The van der Waals surface area contributed by atoms with E-state index in [0.29, 0.717) is 12.8 Å². The molecule has 12 nitrogen and oxygen atoms in total. The van der Waals surface area contributed by atoms with E-state index in [1.807, 2.05) is 0 Å². The van der Waals surface area contributed by atoms with E-state index in [1.54, 1.807) is 21.1 Å². The van der Waals surface area contributed by atoms with Gasteiger partial charge < -0.3 is 23.4 Å². The first-order chi connectivity index (χ1) is 31.6. The molecule has 0 aliphatic heterocycles. The number of likely N-dealkylation sites (N-methyl/N-ethyl adjacent to an activating group) is 1. The highest BCUT2D eigenvalue weighted by Crippen LogP contribution is 2.49. The lowest BCUT2D eigenvalue weighted by molar-refractivity contribution is -0.871. The van der Waals surface area contributed by atoms with E-state index < -0.39 is 48.5 Å². The number of carbonyl (C=O) groups excluding carboxylic acids is 2. The van der Waals surface area contributed by atoms with E-state index in [0.717, 1.165) is 38.5 Å². The van der Waals surface area contributed by atoms with Crippen molar-refractivity contribution >= 4 is 29.9 Å². The number of rotatable bonds is 51. The topological polar surface area (TPSA) is 163 Å². The van der Waals surface area contributed by atoms with Crippen molar-refractivity contribution < 1.29 is 54.7 Å². The van der Waals surface area contributed by atoms with E-state index in [9.17, 15) is 32.0 Å². The molecule has 2 N–H and O–H groups in total. The van der Waals surface area contributed by atoms with Crippen molar-refractivity contribution in [1.82, 2.24) is 0 Å². The summed E-state index contributed by atoms with van der Waals surface area (Å²) in [7, 11) is -5.02. The number of esters is 2. The molecule has 0 aromatic heterocycles. The molecule has 0 amide bonds. The van der Waals surface area contributed by atoms with Crippen LogP contribution in [0.5, 0.6) is 0 Å². The van der Waals surface area contributed by atoms with Crippen LogP contribution in [0.1, 0.15) is 271 Å². The second-order valence-electron chi connectivity index (χ2n) is 20.3. The summed E-state index contributed by atoms with van der Waals surface area (Å²) in [6.07, 6.45) is 46.8. The molecule has 0 spiro atoms. The lowest BCUT2D eigenvalue weighted by atomic mass is 10.0. The zero-order valence-electron chi connectivity index (χ0n) is 43.4. The summed E-state index contributed by atoms with van der Waals surface area (Å²) in [5, 5.41) is 0. The fraction of sp³-hybridized carbons (Fsp3) is 0.962. The van der Waals surface area contributed by atoms with Gasteiger partial charge in [-0.3, -0.25) is 18.7 Å². The number of quaternary nitrogens is 1. The first-order valence-corrected chi connectivity index (χ1v) is 30.4. The maximum atomic E-state index is 13.2. The Hall–Kier alpha value is -1.08. The second-order valence-corrected chi connectivity index (χ2v) is 23.3. The maximum Gasteiger partial charge on any atom is 0.398 e. The van der Waals surface area contributed by atoms with Gasteiger partial charge in [0.25, 0.3) is 0 Å². The largest absolute Gasteiger partial charge is 0.462 e. The Morgan fingerprint density at radius 1 is 0.485 bits per heavy atom. The molecule has 0 aromatic rings. The van der Waals surface area contributed by atoms with Crippen LogP contribution < -0.4 is 0 Å². The molecule has 394 valence electrons. The van der Waals surface area contributed by atoms with Crippen molar-refractivity contribution in [1.29, 1.82) is 0 Å². The van der Waals surface area contributed by atoms with E-state index in [-0.39, 0.29) is 30.5 Å². The van der Waals surface area contributed by atoms with Crippen molar-refractivity contribution in [2.45, 2.75) is 283 Å². The quantitative estimate of drug-likeness (QED) is 0.0196. The van der Waals surface area contributed by atoms with Gasteiger partial charge in [0.2, 0.25) is 5.85 Å². The van der Waals surface area contributed by atoms with E-state index in [1.165, 1.54) is 193 Å². The molecule has 66 heavy (non-hydrogen) atoms. The van der Waals surface area contributed by atoms with Gasteiger partial charge in [-0.25, -0.2) is 4.18 Å². The summed E-state index contributed by atoms with van der Waals surface area (Å²) in [6.45, 7) is 3.20. The number of nitrogens with zero attached hydrogens (tertiary/aromatic N) is 1. The third kappa shape index (κ3) is 46.6. The molecular formula is C52H105NO11PS+. The molecule has 0 aromatic carbocycles. The molecular weight excluding hydrogens is 878 g/mol. The van der Waals surface area contributed by atoms with Crippen molar-refractivity contribution in [3.05, 3.63) is 0 Å². The van der Waals surface area contributed by atoms with Gasteiger partial charge in [0.1, 0.15) is 13.2 Å². The fourth-order valence-corrected chi connectivity index (χ4v) is 10.7. The molecule has 0 radical (unpaired) electrons. The molecule has 0 aliphatic carbocycles. The van der Waals surface area contributed by atoms with Crippen LogP contribution >= 0.6 is 7.60 Å². The van der Waals surface area contributed by atoms with E-state index in [4.69, 9.17) is 14.0 Å². The van der Waals surface area contributed by atoms with Gasteiger partial charge in [-0.05, 0) is 12.8 Å². The van der Waals surface area contributed by atoms with Gasteiger partial charge in [-0.15, -0.1) is 0 Å². The Kier molecular flexibility index (Phi) is 43.2. The first kappa shape index (κ1) is 64.9. The molecule has 0 saturated heterocycles. The molecule has 0 rings (SSSR count). The summed E-state index contributed by atoms with van der Waals surface area (Å²) in [5.41, 5.74) is 0. The average molecular weight is 983 g/mol. The Morgan fingerprint density at radius 3 is 1.06 bits per heavy atom. The Balaban J connectivity index is 4.52. The van der Waals surface area contributed by atoms with Gasteiger partial charge in [-0.2, -0.15) is 8.42 Å². The van der Waals surface area contributed by atoms with Crippen LogP contribution in [0, 0.1) is 0 Å². The molecule has 3 unspecified atom stereocenters. The van der Waals surface area contributed by atoms with Crippen molar-refractivity contribution in [2.75, 3.05) is 40.9 Å². The third-order valence-corrected chi connectivity index (χ3v) is 14.6. The molecule has 0 aliphatic rings. The molecule has 0 fully saturated rings.